The third-order valence-electron chi connectivity index (χ3n) is 2.50. The maximum Gasteiger partial charge on any atom is 0.161 e. The van der Waals surface area contributed by atoms with Crippen molar-refractivity contribution >= 4 is 11.6 Å². The van der Waals surface area contributed by atoms with Crippen LogP contribution < -0.4 is 9.47 Å². The molecule has 0 fully saturated rings. The van der Waals surface area contributed by atoms with Gasteiger partial charge in [0, 0.05) is 23.8 Å². The summed E-state index contributed by atoms with van der Waals surface area (Å²) in [6.07, 6.45) is 3.51. The Morgan fingerprint density at radius 2 is 2.06 bits per heavy atom. The van der Waals surface area contributed by atoms with E-state index in [2.05, 4.69) is 4.98 Å². The van der Waals surface area contributed by atoms with Gasteiger partial charge in [-0.05, 0) is 23.8 Å². The van der Waals surface area contributed by atoms with Crippen molar-refractivity contribution in [2.24, 2.45) is 0 Å². The fourth-order valence-electron chi connectivity index (χ4n) is 1.56. The van der Waals surface area contributed by atoms with Crippen molar-refractivity contribution in [1.29, 1.82) is 0 Å². The molecule has 0 saturated heterocycles. The number of nitrogens with zero attached hydrogens (tertiary/aromatic N) is 1. The highest BCUT2D eigenvalue weighted by Gasteiger charge is 2.05. The number of alkyl halides is 1. The highest BCUT2D eigenvalue weighted by atomic mass is 35.5. The van der Waals surface area contributed by atoms with Crippen LogP contribution in [0, 0.1) is 0 Å². The number of methoxy groups -OCH3 is 1. The molecule has 0 radical (unpaired) electrons. The van der Waals surface area contributed by atoms with Crippen molar-refractivity contribution in [2.45, 2.75) is 12.5 Å². The minimum atomic E-state index is 0.458. The Bertz CT molecular complexity index is 502. The van der Waals surface area contributed by atoms with Crippen LogP contribution in [0.5, 0.6) is 11.5 Å². The number of hydrogen-bond acceptors (Lipinski definition) is 3. The molecule has 0 amide bonds. The summed E-state index contributed by atoms with van der Waals surface area (Å²) in [5.74, 6) is 1.85. The van der Waals surface area contributed by atoms with Crippen LogP contribution in [0.1, 0.15) is 11.1 Å². The minimum absolute atomic E-state index is 0.458. The highest BCUT2D eigenvalue weighted by Crippen LogP contribution is 2.29. The Morgan fingerprint density at radius 3 is 2.72 bits per heavy atom. The molecule has 0 atom stereocenters. The summed E-state index contributed by atoms with van der Waals surface area (Å²) in [5, 5.41) is 0. The zero-order valence-corrected chi connectivity index (χ0v) is 10.9. The van der Waals surface area contributed by atoms with Gasteiger partial charge in [-0.2, -0.15) is 0 Å². The SMILES string of the molecule is COc1cc(CCl)ccc1OCc1cccnc1. The van der Waals surface area contributed by atoms with Gasteiger partial charge >= 0.3 is 0 Å². The topological polar surface area (TPSA) is 31.4 Å². The molecule has 0 bridgehead atoms. The van der Waals surface area contributed by atoms with Crippen LogP contribution >= 0.6 is 11.6 Å². The first kappa shape index (κ1) is 12.7. The molecule has 2 rings (SSSR count). The van der Waals surface area contributed by atoms with E-state index in [4.69, 9.17) is 21.1 Å². The standard InChI is InChI=1S/C14H14ClNO2/c1-17-14-7-11(8-15)4-5-13(14)18-10-12-3-2-6-16-9-12/h2-7,9H,8,10H2,1H3. The predicted octanol–water partition coefficient (Wildman–Crippen LogP) is 3.41. The summed E-state index contributed by atoms with van der Waals surface area (Å²) >= 11 is 5.78. The van der Waals surface area contributed by atoms with E-state index in [9.17, 15) is 0 Å². The summed E-state index contributed by atoms with van der Waals surface area (Å²) in [7, 11) is 1.62. The van der Waals surface area contributed by atoms with Crippen molar-refractivity contribution in [3.8, 4) is 11.5 Å². The van der Waals surface area contributed by atoms with Crippen LogP contribution in [0.15, 0.2) is 42.7 Å². The lowest BCUT2D eigenvalue weighted by Gasteiger charge is -2.11. The number of benzene rings is 1. The normalized spacial score (nSPS) is 10.1. The van der Waals surface area contributed by atoms with E-state index < -0.39 is 0 Å². The Kier molecular flexibility index (Phi) is 4.42. The molecule has 4 heteroatoms. The second kappa shape index (κ2) is 6.26. The zero-order chi connectivity index (χ0) is 12.8. The van der Waals surface area contributed by atoms with Gasteiger partial charge < -0.3 is 9.47 Å². The molecule has 2 aromatic rings. The largest absolute Gasteiger partial charge is 0.493 e. The van der Waals surface area contributed by atoms with Crippen LogP contribution in [0.4, 0.5) is 0 Å². The zero-order valence-electron chi connectivity index (χ0n) is 10.1. The van der Waals surface area contributed by atoms with Crippen molar-refractivity contribution in [2.75, 3.05) is 7.11 Å². The second-order valence-electron chi connectivity index (χ2n) is 3.77. The molecule has 0 spiro atoms. The fourth-order valence-corrected chi connectivity index (χ4v) is 1.73. The monoisotopic (exact) mass is 263 g/mol. The number of rotatable bonds is 5. The third kappa shape index (κ3) is 3.14. The van der Waals surface area contributed by atoms with E-state index in [0.717, 1.165) is 11.1 Å². The average molecular weight is 264 g/mol. The number of halogens is 1. The van der Waals surface area contributed by atoms with Crippen molar-refractivity contribution in [3.05, 3.63) is 53.9 Å². The van der Waals surface area contributed by atoms with Gasteiger partial charge in [0.25, 0.3) is 0 Å². The quantitative estimate of drug-likeness (QED) is 0.775. The molecule has 0 aliphatic carbocycles. The third-order valence-corrected chi connectivity index (χ3v) is 2.81. The van der Waals surface area contributed by atoms with Crippen LogP contribution in [0.2, 0.25) is 0 Å². The fraction of sp³-hybridized carbons (Fsp3) is 0.214. The van der Waals surface area contributed by atoms with Gasteiger partial charge in [-0.25, -0.2) is 0 Å². The summed E-state index contributed by atoms with van der Waals surface area (Å²) in [5.41, 5.74) is 2.02. The molecular weight excluding hydrogens is 250 g/mol. The van der Waals surface area contributed by atoms with Crippen LogP contribution in [-0.2, 0) is 12.5 Å². The van der Waals surface area contributed by atoms with Gasteiger partial charge in [0.2, 0.25) is 0 Å². The molecule has 3 nitrogen and oxygen atoms in total. The van der Waals surface area contributed by atoms with Crippen molar-refractivity contribution < 1.29 is 9.47 Å². The average Bonchev–Trinajstić information content (AvgIpc) is 2.46. The summed E-state index contributed by atoms with van der Waals surface area (Å²) in [6, 6.07) is 9.52. The van der Waals surface area contributed by atoms with Gasteiger partial charge in [0.05, 0.1) is 7.11 Å². The molecule has 0 aliphatic heterocycles. The maximum absolute atomic E-state index is 5.78. The summed E-state index contributed by atoms with van der Waals surface area (Å²) in [6.45, 7) is 0.463. The van der Waals surface area contributed by atoms with E-state index in [1.807, 2.05) is 30.3 Å². The Hall–Kier alpha value is -1.74. The molecule has 0 unspecified atom stereocenters. The molecule has 0 N–H and O–H groups in total. The summed E-state index contributed by atoms with van der Waals surface area (Å²) < 4.78 is 11.0. The second-order valence-corrected chi connectivity index (χ2v) is 4.04. The van der Waals surface area contributed by atoms with E-state index in [1.165, 1.54) is 0 Å². The first-order valence-electron chi connectivity index (χ1n) is 5.58. The van der Waals surface area contributed by atoms with E-state index in [0.29, 0.717) is 24.0 Å². The predicted molar refractivity (Wildman–Crippen MR) is 71.1 cm³/mol. The number of hydrogen-bond donors (Lipinski definition) is 0. The molecule has 0 saturated carbocycles. The summed E-state index contributed by atoms with van der Waals surface area (Å²) in [4.78, 5) is 4.04. The Balaban J connectivity index is 2.09. The minimum Gasteiger partial charge on any atom is -0.493 e. The van der Waals surface area contributed by atoms with Gasteiger partial charge in [-0.1, -0.05) is 12.1 Å². The first-order valence-corrected chi connectivity index (χ1v) is 6.11. The van der Waals surface area contributed by atoms with E-state index in [-0.39, 0.29) is 0 Å². The Labute approximate surface area is 111 Å². The molecule has 1 heterocycles. The van der Waals surface area contributed by atoms with Gasteiger partial charge in [-0.15, -0.1) is 11.6 Å². The number of pyridine rings is 1. The number of aromatic nitrogens is 1. The lowest BCUT2D eigenvalue weighted by molar-refractivity contribution is 0.284. The number of ether oxygens (including phenoxy) is 2. The molecule has 18 heavy (non-hydrogen) atoms. The maximum atomic E-state index is 5.78. The molecule has 94 valence electrons. The van der Waals surface area contributed by atoms with Gasteiger partial charge in [0.1, 0.15) is 6.61 Å². The molecule has 1 aromatic carbocycles. The van der Waals surface area contributed by atoms with Crippen LogP contribution in [0.25, 0.3) is 0 Å². The smallest absolute Gasteiger partial charge is 0.161 e. The van der Waals surface area contributed by atoms with Crippen molar-refractivity contribution in [1.82, 2.24) is 4.98 Å². The van der Waals surface area contributed by atoms with Crippen molar-refractivity contribution in [3.63, 3.8) is 0 Å². The molecule has 0 aliphatic rings. The van der Waals surface area contributed by atoms with Crippen LogP contribution in [-0.4, -0.2) is 12.1 Å². The van der Waals surface area contributed by atoms with E-state index >= 15 is 0 Å². The lowest BCUT2D eigenvalue weighted by Crippen LogP contribution is -1.98. The first-order chi connectivity index (χ1) is 8.83. The lowest BCUT2D eigenvalue weighted by atomic mass is 10.2. The molecular formula is C14H14ClNO2. The van der Waals surface area contributed by atoms with Gasteiger partial charge in [-0.3, -0.25) is 4.98 Å². The Morgan fingerprint density at radius 1 is 1.17 bits per heavy atom. The molecule has 1 aromatic heterocycles. The van der Waals surface area contributed by atoms with E-state index in [1.54, 1.807) is 19.5 Å². The van der Waals surface area contributed by atoms with Crippen LogP contribution in [0.3, 0.4) is 0 Å². The highest BCUT2D eigenvalue weighted by molar-refractivity contribution is 6.17. The van der Waals surface area contributed by atoms with Gasteiger partial charge in [0.15, 0.2) is 11.5 Å².